The van der Waals surface area contributed by atoms with Crippen LogP contribution in [0.1, 0.15) is 39.0 Å². The van der Waals surface area contributed by atoms with Crippen molar-refractivity contribution in [3.63, 3.8) is 0 Å². The molecule has 166 valence electrons. The van der Waals surface area contributed by atoms with Gasteiger partial charge in [0.05, 0.1) is 5.69 Å². The average Bonchev–Trinajstić information content (AvgIpc) is 3.27. The second-order valence-corrected chi connectivity index (χ2v) is 8.73. The fourth-order valence-electron chi connectivity index (χ4n) is 4.76. The summed E-state index contributed by atoms with van der Waals surface area (Å²) in [5.74, 6) is 2.55. The molecule has 1 saturated heterocycles. The van der Waals surface area contributed by atoms with Crippen LogP contribution in [0.3, 0.4) is 0 Å². The highest BCUT2D eigenvalue weighted by Crippen LogP contribution is 2.41. The topological polar surface area (TPSA) is 63.3 Å². The smallest absolute Gasteiger partial charge is 0.249 e. The summed E-state index contributed by atoms with van der Waals surface area (Å²) >= 11 is 0. The maximum atomic E-state index is 12.0. The number of anilines is 1. The number of hydrogen-bond acceptors (Lipinski definition) is 6. The Morgan fingerprint density at radius 1 is 1.17 bits per heavy atom. The van der Waals surface area contributed by atoms with Gasteiger partial charge < -0.3 is 24.4 Å². The van der Waals surface area contributed by atoms with Crippen molar-refractivity contribution >= 4 is 11.6 Å². The molecule has 3 aliphatic rings. The Bertz CT molecular complexity index is 712. The van der Waals surface area contributed by atoms with Gasteiger partial charge in [0.1, 0.15) is 6.10 Å². The zero-order chi connectivity index (χ0) is 20.9. The molecule has 4 rings (SSSR count). The third-order valence-electron chi connectivity index (χ3n) is 6.86. The van der Waals surface area contributed by atoms with Crippen LogP contribution in [0.4, 0.5) is 5.69 Å². The second-order valence-electron chi connectivity index (χ2n) is 8.73. The Labute approximate surface area is 179 Å². The van der Waals surface area contributed by atoms with E-state index in [2.05, 4.69) is 21.2 Å². The lowest BCUT2D eigenvalue weighted by Gasteiger charge is -2.37. The average molecular weight is 418 g/mol. The van der Waals surface area contributed by atoms with Crippen molar-refractivity contribution in [1.82, 2.24) is 10.2 Å². The van der Waals surface area contributed by atoms with Crippen molar-refractivity contribution in [3.8, 4) is 11.5 Å². The zero-order valence-electron chi connectivity index (χ0n) is 18.3. The summed E-state index contributed by atoms with van der Waals surface area (Å²) in [7, 11) is 1.58. The van der Waals surface area contributed by atoms with Crippen molar-refractivity contribution in [1.29, 1.82) is 0 Å². The Morgan fingerprint density at radius 3 is 2.67 bits per heavy atom. The number of benzene rings is 1. The SMILES string of the molecule is CO[C@H](C)C(=O)NC1CCC(CCN2CCN(c3cccc4c3OCO4)CC2)CC1. The van der Waals surface area contributed by atoms with Gasteiger partial charge in [0.25, 0.3) is 0 Å². The van der Waals surface area contributed by atoms with Gasteiger partial charge in [-0.2, -0.15) is 0 Å². The zero-order valence-corrected chi connectivity index (χ0v) is 18.3. The van der Waals surface area contributed by atoms with E-state index in [9.17, 15) is 4.79 Å². The Hall–Kier alpha value is -1.99. The molecule has 1 amide bonds. The quantitative estimate of drug-likeness (QED) is 0.736. The molecular weight excluding hydrogens is 382 g/mol. The maximum absolute atomic E-state index is 12.0. The molecule has 1 aliphatic carbocycles. The van der Waals surface area contributed by atoms with Crippen LogP contribution in [0.2, 0.25) is 0 Å². The van der Waals surface area contributed by atoms with Gasteiger partial charge in [-0.15, -0.1) is 0 Å². The van der Waals surface area contributed by atoms with Crippen LogP contribution >= 0.6 is 0 Å². The van der Waals surface area contributed by atoms with Crippen molar-refractivity contribution in [2.75, 3.05) is 51.5 Å². The number of fused-ring (bicyclic) bond motifs is 1. The van der Waals surface area contributed by atoms with E-state index in [1.807, 2.05) is 12.1 Å². The number of nitrogens with one attached hydrogen (secondary N) is 1. The number of piperazine rings is 1. The third kappa shape index (κ3) is 5.01. The van der Waals surface area contributed by atoms with E-state index in [1.54, 1.807) is 14.0 Å². The Morgan fingerprint density at radius 2 is 1.93 bits per heavy atom. The molecule has 30 heavy (non-hydrogen) atoms. The van der Waals surface area contributed by atoms with Gasteiger partial charge in [-0.25, -0.2) is 0 Å². The number of para-hydroxylation sites is 1. The molecule has 0 unspecified atom stereocenters. The van der Waals surface area contributed by atoms with E-state index in [0.29, 0.717) is 12.8 Å². The molecule has 2 heterocycles. The summed E-state index contributed by atoms with van der Waals surface area (Å²) in [4.78, 5) is 17.0. The van der Waals surface area contributed by atoms with Crippen molar-refractivity contribution in [2.45, 2.75) is 51.2 Å². The third-order valence-corrected chi connectivity index (χ3v) is 6.86. The van der Waals surface area contributed by atoms with Gasteiger partial charge in [-0.1, -0.05) is 6.07 Å². The normalized spacial score (nSPS) is 25.2. The predicted molar refractivity (Wildman–Crippen MR) is 116 cm³/mol. The summed E-state index contributed by atoms with van der Waals surface area (Å²) in [6.07, 6.45) is 5.48. The second kappa shape index (κ2) is 9.88. The minimum atomic E-state index is -0.363. The number of carbonyl (C=O) groups excluding carboxylic acids is 1. The van der Waals surface area contributed by atoms with Crippen molar-refractivity contribution < 1.29 is 19.0 Å². The molecular formula is C23H35N3O4. The number of nitrogens with zero attached hydrogens (tertiary/aromatic N) is 2. The summed E-state index contributed by atoms with van der Waals surface area (Å²) in [5.41, 5.74) is 1.16. The number of hydrogen-bond donors (Lipinski definition) is 1. The van der Waals surface area contributed by atoms with Crippen molar-refractivity contribution in [3.05, 3.63) is 18.2 Å². The first-order valence-corrected chi connectivity index (χ1v) is 11.3. The summed E-state index contributed by atoms with van der Waals surface area (Å²) in [5, 5.41) is 3.13. The highest BCUT2D eigenvalue weighted by molar-refractivity contribution is 5.80. The highest BCUT2D eigenvalue weighted by Gasteiger charge is 2.27. The minimum absolute atomic E-state index is 0.0137. The Kier molecular flexibility index (Phi) is 7.00. The molecule has 0 bridgehead atoms. The molecule has 7 heteroatoms. The van der Waals surface area contributed by atoms with Gasteiger partial charge in [0, 0.05) is 39.3 Å². The first kappa shape index (κ1) is 21.2. The molecule has 2 aliphatic heterocycles. The summed E-state index contributed by atoms with van der Waals surface area (Å²) < 4.78 is 16.3. The molecule has 0 aromatic heterocycles. The number of rotatable bonds is 7. The van der Waals surface area contributed by atoms with E-state index in [-0.39, 0.29) is 12.0 Å². The number of ether oxygens (including phenoxy) is 3. The fraction of sp³-hybridized carbons (Fsp3) is 0.696. The van der Waals surface area contributed by atoms with Gasteiger partial charge in [-0.3, -0.25) is 9.69 Å². The van der Waals surface area contributed by atoms with Gasteiger partial charge >= 0.3 is 0 Å². The van der Waals surface area contributed by atoms with Gasteiger partial charge in [-0.05, 0) is 63.6 Å². The number of methoxy groups -OCH3 is 1. The molecule has 1 saturated carbocycles. The highest BCUT2D eigenvalue weighted by atomic mass is 16.7. The molecule has 0 radical (unpaired) electrons. The van der Waals surface area contributed by atoms with Crippen LogP contribution in [-0.2, 0) is 9.53 Å². The number of carbonyl (C=O) groups is 1. The maximum Gasteiger partial charge on any atom is 0.249 e. The number of amides is 1. The van der Waals surface area contributed by atoms with Crippen LogP contribution < -0.4 is 19.7 Å². The van der Waals surface area contributed by atoms with E-state index < -0.39 is 0 Å². The predicted octanol–water partition coefficient (Wildman–Crippen LogP) is 2.64. The lowest BCUT2D eigenvalue weighted by molar-refractivity contribution is -0.131. The van der Waals surface area contributed by atoms with E-state index in [1.165, 1.54) is 25.8 Å². The minimum Gasteiger partial charge on any atom is -0.454 e. The van der Waals surface area contributed by atoms with Crippen LogP contribution in [0, 0.1) is 5.92 Å². The van der Waals surface area contributed by atoms with E-state index in [4.69, 9.17) is 14.2 Å². The largest absolute Gasteiger partial charge is 0.454 e. The van der Waals surface area contributed by atoms with Crippen LogP contribution in [-0.4, -0.2) is 69.6 Å². The summed E-state index contributed by atoms with van der Waals surface area (Å²) in [6.45, 7) is 7.52. The lowest BCUT2D eigenvalue weighted by Crippen LogP contribution is -2.47. The van der Waals surface area contributed by atoms with E-state index in [0.717, 1.165) is 62.1 Å². The van der Waals surface area contributed by atoms with Crippen LogP contribution in [0.25, 0.3) is 0 Å². The van der Waals surface area contributed by atoms with Gasteiger partial charge in [0.2, 0.25) is 12.7 Å². The van der Waals surface area contributed by atoms with Gasteiger partial charge in [0.15, 0.2) is 11.5 Å². The van der Waals surface area contributed by atoms with Crippen LogP contribution in [0.15, 0.2) is 18.2 Å². The first-order valence-electron chi connectivity index (χ1n) is 11.3. The molecule has 1 atom stereocenters. The first-order chi connectivity index (χ1) is 14.6. The molecule has 1 aromatic carbocycles. The van der Waals surface area contributed by atoms with Crippen LogP contribution in [0.5, 0.6) is 11.5 Å². The molecule has 1 aromatic rings. The molecule has 1 N–H and O–H groups in total. The molecule has 2 fully saturated rings. The summed E-state index contributed by atoms with van der Waals surface area (Å²) in [6, 6.07) is 6.46. The fourth-order valence-corrected chi connectivity index (χ4v) is 4.76. The standard InChI is InChI=1S/C23H35N3O4/c1-17(28-2)23(27)24-19-8-6-18(7-9-19)10-11-25-12-14-26(15-13-25)20-4-3-5-21-22(20)30-16-29-21/h3-5,17-19H,6-16H2,1-2H3,(H,24,27)/t17-,18?,19?/m1/s1. The monoisotopic (exact) mass is 417 g/mol. The molecule has 0 spiro atoms. The Balaban J connectivity index is 1.16. The lowest BCUT2D eigenvalue weighted by atomic mass is 9.84. The van der Waals surface area contributed by atoms with E-state index >= 15 is 0 Å². The van der Waals surface area contributed by atoms with Crippen molar-refractivity contribution in [2.24, 2.45) is 5.92 Å². The molecule has 7 nitrogen and oxygen atoms in total.